The lowest BCUT2D eigenvalue weighted by molar-refractivity contribution is -0.660. The minimum Gasteiger partial charge on any atom is -0.425 e. The molecule has 1 unspecified atom stereocenters. The van der Waals surface area contributed by atoms with Crippen molar-refractivity contribution < 1.29 is 59.1 Å². The van der Waals surface area contributed by atoms with Gasteiger partial charge in [0.1, 0.15) is 61.7 Å². The zero-order valence-electron chi connectivity index (χ0n) is 68.6. The van der Waals surface area contributed by atoms with Crippen LogP contribution in [0.2, 0.25) is 0 Å². The number of aromatic nitrogens is 4. The van der Waals surface area contributed by atoms with Crippen LogP contribution in [0.4, 0.5) is 0 Å². The first-order valence-corrected chi connectivity index (χ1v) is 38.3. The molecule has 0 aliphatic carbocycles. The van der Waals surface area contributed by atoms with E-state index in [9.17, 15) is 0 Å². The zero-order valence-corrected chi connectivity index (χ0v) is 64.6. The van der Waals surface area contributed by atoms with E-state index < -0.39 is 12.7 Å². The first-order valence-electron chi connectivity index (χ1n) is 40.3. The molecule has 23 aromatic rings. The molecular formula is C102H80N4O8+4. The highest BCUT2D eigenvalue weighted by molar-refractivity contribution is 6.30. The van der Waals surface area contributed by atoms with E-state index in [1.807, 2.05) is 115 Å². The van der Waals surface area contributed by atoms with Crippen LogP contribution in [-0.2, 0) is 28.2 Å². The predicted octanol–water partition coefficient (Wildman–Crippen LogP) is 25.9. The van der Waals surface area contributed by atoms with Gasteiger partial charge in [0, 0.05) is 97.1 Å². The van der Waals surface area contributed by atoms with Crippen LogP contribution in [-0.4, -0.2) is 0 Å². The molecule has 0 spiro atoms. The number of hydrogen-bond donors (Lipinski definition) is 0. The number of nitrogens with zero attached hydrogens (tertiary/aromatic N) is 4. The molecule has 11 aromatic carbocycles. The van der Waals surface area contributed by atoms with E-state index in [-0.39, 0.29) is 0 Å². The molecule has 0 amide bonds. The number of pyridine rings is 4. The Labute approximate surface area is 661 Å². The van der Waals surface area contributed by atoms with Gasteiger partial charge in [-0.1, -0.05) is 165 Å². The molecule has 0 N–H and O–H groups in total. The fourth-order valence-electron chi connectivity index (χ4n) is 17.1. The number of hydrogen-bond acceptors (Lipinski definition) is 8. The van der Waals surface area contributed by atoms with E-state index in [0.29, 0.717) is 34.3 Å². The first kappa shape index (κ1) is 64.7. The average molecular weight is 1490 g/mol. The number of aryl methyl sites for hydroxylation is 9. The number of benzene rings is 11. The Morgan fingerprint density at radius 2 is 0.675 bits per heavy atom. The van der Waals surface area contributed by atoms with Crippen molar-refractivity contribution in [3.8, 4) is 56.2 Å². The summed E-state index contributed by atoms with van der Waals surface area (Å²) in [7, 11) is 8.13. The summed E-state index contributed by atoms with van der Waals surface area (Å²) in [6, 6.07) is 86.6. The maximum absolute atomic E-state index is 8.64. The van der Waals surface area contributed by atoms with Crippen LogP contribution in [0.15, 0.2) is 315 Å². The smallest absolute Gasteiger partial charge is 0.299 e. The summed E-state index contributed by atoms with van der Waals surface area (Å²) < 4.78 is 89.8. The molecule has 0 aliphatic heterocycles. The Hall–Kier alpha value is -14.1. The molecule has 23 rings (SSSR count). The van der Waals surface area contributed by atoms with E-state index in [1.165, 1.54) is 67.9 Å². The fourth-order valence-corrected chi connectivity index (χ4v) is 17.1. The maximum Gasteiger partial charge on any atom is 0.299 e. The van der Waals surface area contributed by atoms with Crippen molar-refractivity contribution in [2.24, 2.45) is 28.2 Å². The minimum atomic E-state index is -2.47. The van der Waals surface area contributed by atoms with E-state index >= 15 is 0 Å². The molecule has 0 saturated carbocycles. The lowest BCUT2D eigenvalue weighted by Crippen LogP contribution is -2.31. The first-order chi connectivity index (χ1) is 57.1. The monoisotopic (exact) mass is 1490 g/mol. The standard InChI is InChI=1S/C31H22NO2.C28H24NO2.C22H18NO2.C21H16NO2/c1-19-22-12-6-7-13-23(22)28-29-24-14-8-9-15-26(24)33-31(29)34-30(28)27(19)25-18-21(16-17-32(25)2)20-10-4-3-5-11-20;1-16(2)18-13-14-29(4)22(15-18)24-17(3)19-9-5-6-10-20(19)25-26-21-11-7-8-12-23(21)30-28(26)31-27(24)25;1-13-8-9-23(3)18(10-13)16-12-20-17(11-14(16)2)21-15-6-4-5-7-19(15)24-22(21)25-20;1-13-11-16-19(12-15(13)17-8-5-6-10-22(17)2)24-21-20(16)14-7-3-4-9-18(14)23-21/h3-18H,1-2H3;5-16H,1-4H3;4-12H,1-3H3;3-12H,1-2H3/q4*+1/i;1D3,16D;;. The van der Waals surface area contributed by atoms with E-state index in [1.54, 1.807) is 12.1 Å². The highest BCUT2D eigenvalue weighted by Crippen LogP contribution is 2.50. The third-order valence-corrected chi connectivity index (χ3v) is 22.9. The van der Waals surface area contributed by atoms with Gasteiger partial charge in [-0.05, 0) is 161 Å². The van der Waals surface area contributed by atoms with Crippen LogP contribution < -0.4 is 18.3 Å². The van der Waals surface area contributed by atoms with Crippen LogP contribution in [0.3, 0.4) is 0 Å². The summed E-state index contributed by atoms with van der Waals surface area (Å²) >= 11 is 0. The summed E-state index contributed by atoms with van der Waals surface area (Å²) in [5.41, 5.74) is 23.9. The lowest BCUT2D eigenvalue weighted by Gasteiger charge is -2.12. The Morgan fingerprint density at radius 3 is 1.17 bits per heavy atom. The van der Waals surface area contributed by atoms with Gasteiger partial charge in [0.2, 0.25) is 22.8 Å². The molecule has 114 heavy (non-hydrogen) atoms. The van der Waals surface area contributed by atoms with Gasteiger partial charge in [0.15, 0.2) is 36.0 Å². The van der Waals surface area contributed by atoms with Crippen molar-refractivity contribution in [3.63, 3.8) is 0 Å². The molecular weight excluding hydrogens is 1410 g/mol. The third-order valence-electron chi connectivity index (χ3n) is 22.9. The van der Waals surface area contributed by atoms with Crippen molar-refractivity contribution >= 4 is 154 Å². The topological polar surface area (TPSA) is 121 Å². The average Bonchev–Trinajstić information content (AvgIpc) is 1.57. The Balaban J connectivity index is 0.000000102. The van der Waals surface area contributed by atoms with Crippen molar-refractivity contribution in [2.75, 3.05) is 0 Å². The van der Waals surface area contributed by atoms with Crippen LogP contribution in [0.25, 0.3) is 210 Å². The molecule has 12 aromatic heterocycles. The third kappa shape index (κ3) is 11.2. The summed E-state index contributed by atoms with van der Waals surface area (Å²) in [4.78, 5) is 0. The SMILES string of the molecule is Cc1c(-c2cc(-c3ccccc3)cc[n+]2C)c2oc3oc4ccccc4c3c2c2ccccc12.Cc1cc2c(cc1-c1cccc[n+]1C)oc1oc3ccccc3c12.Cc1cc[n+](C)c(-c2cc3oc4oc5ccccc5c4c3cc2C)c1.[2H]C([2H])([2H])C([2H])(C)c1cc[n+](C)c(-c2c(C)c3ccccc3c3c2oc2oc4ccccc4c23)c1. The largest absolute Gasteiger partial charge is 0.425 e. The van der Waals surface area contributed by atoms with Crippen molar-refractivity contribution in [3.05, 3.63) is 313 Å². The summed E-state index contributed by atoms with van der Waals surface area (Å²) in [6.45, 7) is 9.62. The molecule has 0 saturated heterocycles. The Kier molecular flexibility index (Phi) is 15.4. The number of para-hydroxylation sites is 4. The highest BCUT2D eigenvalue weighted by Gasteiger charge is 2.31. The molecule has 0 radical (unpaired) electrons. The summed E-state index contributed by atoms with van der Waals surface area (Å²) in [6.07, 6.45) is 8.09. The van der Waals surface area contributed by atoms with Gasteiger partial charge in [0.05, 0.1) is 43.8 Å². The van der Waals surface area contributed by atoms with Gasteiger partial charge in [-0.25, -0.2) is 18.3 Å². The van der Waals surface area contributed by atoms with Crippen molar-refractivity contribution in [1.29, 1.82) is 0 Å². The molecule has 0 fully saturated rings. The van der Waals surface area contributed by atoms with E-state index in [4.69, 9.17) is 40.8 Å². The van der Waals surface area contributed by atoms with Crippen molar-refractivity contribution in [2.45, 2.75) is 54.3 Å². The summed E-state index contributed by atoms with van der Waals surface area (Å²) in [5.74, 6) is 0.480. The molecule has 12 heterocycles. The van der Waals surface area contributed by atoms with E-state index in [2.05, 4.69) is 234 Å². The molecule has 0 bridgehead atoms. The van der Waals surface area contributed by atoms with Crippen LogP contribution >= 0.6 is 0 Å². The number of furan rings is 8. The molecule has 0 aliphatic rings. The molecule has 1 atom stereocenters. The van der Waals surface area contributed by atoms with E-state index in [0.717, 1.165) is 148 Å². The second-order valence-corrected chi connectivity index (χ2v) is 30.0. The van der Waals surface area contributed by atoms with Gasteiger partial charge in [0.25, 0.3) is 23.1 Å². The predicted molar refractivity (Wildman–Crippen MR) is 459 cm³/mol. The normalized spacial score (nSPS) is 13.0. The van der Waals surface area contributed by atoms with Crippen LogP contribution in [0.5, 0.6) is 0 Å². The van der Waals surface area contributed by atoms with Gasteiger partial charge in [-0.15, -0.1) is 0 Å². The van der Waals surface area contributed by atoms with Crippen LogP contribution in [0.1, 0.15) is 58.5 Å². The summed E-state index contributed by atoms with van der Waals surface area (Å²) in [5, 5.41) is 17.2. The maximum atomic E-state index is 8.64. The van der Waals surface area contributed by atoms with Crippen molar-refractivity contribution in [1.82, 2.24) is 0 Å². The Bertz CT molecular complexity index is 8040. The lowest BCUT2D eigenvalue weighted by atomic mass is 9.92. The van der Waals surface area contributed by atoms with Crippen LogP contribution in [0, 0.1) is 34.6 Å². The second kappa shape index (κ2) is 27.1. The Morgan fingerprint density at radius 1 is 0.289 bits per heavy atom. The quantitative estimate of drug-likeness (QED) is 0.151. The minimum absolute atomic E-state index is 0.423. The zero-order chi connectivity index (χ0) is 80.9. The molecule has 552 valence electrons. The highest BCUT2D eigenvalue weighted by atomic mass is 16.5. The second-order valence-electron chi connectivity index (χ2n) is 30.0. The van der Waals surface area contributed by atoms with Gasteiger partial charge in [-0.3, -0.25) is 0 Å². The van der Waals surface area contributed by atoms with Gasteiger partial charge in [-0.2, -0.15) is 0 Å². The van der Waals surface area contributed by atoms with Gasteiger partial charge >= 0.3 is 0 Å². The van der Waals surface area contributed by atoms with Gasteiger partial charge < -0.3 is 35.3 Å². The number of fused-ring (bicyclic) bond motifs is 24. The molecule has 12 heteroatoms. The molecule has 12 nitrogen and oxygen atoms in total. The fraction of sp³-hybridized carbons (Fsp3) is 0.118. The number of rotatable bonds is 6.